The van der Waals surface area contributed by atoms with Crippen LogP contribution in [-0.4, -0.2) is 47.6 Å². The Morgan fingerprint density at radius 3 is 2.67 bits per heavy atom. The van der Waals surface area contributed by atoms with Crippen molar-refractivity contribution in [2.75, 3.05) is 19.7 Å². The van der Waals surface area contributed by atoms with Gasteiger partial charge in [0.05, 0.1) is 12.5 Å². The van der Waals surface area contributed by atoms with Gasteiger partial charge in [-0.3, -0.25) is 9.59 Å². The van der Waals surface area contributed by atoms with Crippen molar-refractivity contribution in [1.29, 1.82) is 0 Å². The fraction of sp³-hybridized carbons (Fsp3) is 0.846. The molecule has 1 unspecified atom stereocenters. The summed E-state index contributed by atoms with van der Waals surface area (Å²) in [6.45, 7) is 3.05. The van der Waals surface area contributed by atoms with E-state index < -0.39 is 0 Å². The van der Waals surface area contributed by atoms with Crippen molar-refractivity contribution in [3.8, 4) is 0 Å². The molecule has 1 aliphatic heterocycles. The van der Waals surface area contributed by atoms with Crippen molar-refractivity contribution in [3.05, 3.63) is 0 Å². The van der Waals surface area contributed by atoms with Crippen LogP contribution in [0.5, 0.6) is 0 Å². The van der Waals surface area contributed by atoms with Crippen LogP contribution < -0.4 is 5.32 Å². The molecule has 1 aliphatic carbocycles. The molecule has 2 atom stereocenters. The summed E-state index contributed by atoms with van der Waals surface area (Å²) < 4.78 is 0. The number of rotatable bonds is 4. The first-order chi connectivity index (χ1) is 8.61. The maximum Gasteiger partial charge on any atom is 0.225 e. The number of nitrogens with one attached hydrogen (secondary N) is 1. The lowest BCUT2D eigenvalue weighted by Crippen LogP contribution is -2.48. The zero-order valence-corrected chi connectivity index (χ0v) is 10.9. The predicted octanol–water partition coefficient (Wildman–Crippen LogP) is 0.132. The predicted molar refractivity (Wildman–Crippen MR) is 66.7 cm³/mol. The summed E-state index contributed by atoms with van der Waals surface area (Å²) in [5.74, 6) is 0.297. The zero-order chi connectivity index (χ0) is 13.1. The van der Waals surface area contributed by atoms with E-state index in [-0.39, 0.29) is 36.3 Å². The molecular formula is C13H22N2O3. The second-order valence-corrected chi connectivity index (χ2v) is 5.49. The molecule has 2 amide bonds. The molecule has 0 aromatic carbocycles. The highest BCUT2D eigenvalue weighted by molar-refractivity contribution is 5.83. The number of aliphatic hydroxyl groups is 1. The molecule has 0 aromatic heterocycles. The number of likely N-dealkylation sites (tertiary alicyclic amines) is 1. The molecule has 1 heterocycles. The monoisotopic (exact) mass is 254 g/mol. The summed E-state index contributed by atoms with van der Waals surface area (Å²) in [7, 11) is 0. The Morgan fingerprint density at radius 2 is 2.06 bits per heavy atom. The Balaban J connectivity index is 1.85. The molecule has 2 fully saturated rings. The van der Waals surface area contributed by atoms with E-state index in [9.17, 15) is 9.59 Å². The molecule has 2 aliphatic rings. The minimum absolute atomic E-state index is 0.0372. The standard InChI is InChI=1S/C13H22N2O3/c1-9(8-16)14-12(17)11-3-2-6-15(7-11)13(18)10-4-5-10/h9-11,16H,2-8H2,1H3,(H,14,17)/t9-,11?/m1/s1. The highest BCUT2D eigenvalue weighted by Gasteiger charge is 2.36. The summed E-state index contributed by atoms with van der Waals surface area (Å²) in [4.78, 5) is 25.8. The van der Waals surface area contributed by atoms with Crippen LogP contribution in [-0.2, 0) is 9.59 Å². The van der Waals surface area contributed by atoms with Crippen molar-refractivity contribution in [3.63, 3.8) is 0 Å². The fourth-order valence-electron chi connectivity index (χ4n) is 2.39. The van der Waals surface area contributed by atoms with Crippen molar-refractivity contribution < 1.29 is 14.7 Å². The van der Waals surface area contributed by atoms with Gasteiger partial charge in [-0.05, 0) is 32.6 Å². The van der Waals surface area contributed by atoms with Crippen molar-refractivity contribution in [1.82, 2.24) is 10.2 Å². The molecule has 0 radical (unpaired) electrons. The third-order valence-corrected chi connectivity index (χ3v) is 3.69. The first kappa shape index (κ1) is 13.3. The summed E-state index contributed by atoms with van der Waals surface area (Å²) in [6, 6.07) is -0.216. The number of piperidine rings is 1. The lowest BCUT2D eigenvalue weighted by molar-refractivity contribution is -0.137. The van der Waals surface area contributed by atoms with Crippen LogP contribution in [0, 0.1) is 11.8 Å². The number of hydrogen-bond acceptors (Lipinski definition) is 3. The van der Waals surface area contributed by atoms with Crippen LogP contribution in [0.3, 0.4) is 0 Å². The van der Waals surface area contributed by atoms with Gasteiger partial charge in [-0.1, -0.05) is 0 Å². The second-order valence-electron chi connectivity index (χ2n) is 5.49. The van der Waals surface area contributed by atoms with Crippen LogP contribution in [0.1, 0.15) is 32.6 Å². The lowest BCUT2D eigenvalue weighted by Gasteiger charge is -2.32. The van der Waals surface area contributed by atoms with Gasteiger partial charge in [0, 0.05) is 25.0 Å². The first-order valence-corrected chi connectivity index (χ1v) is 6.82. The van der Waals surface area contributed by atoms with Gasteiger partial charge in [0.15, 0.2) is 0 Å². The van der Waals surface area contributed by atoms with Crippen LogP contribution >= 0.6 is 0 Å². The van der Waals surface area contributed by atoms with Crippen LogP contribution in [0.2, 0.25) is 0 Å². The number of carbonyl (C=O) groups excluding carboxylic acids is 2. The van der Waals surface area contributed by atoms with E-state index in [1.807, 2.05) is 4.90 Å². The van der Waals surface area contributed by atoms with Gasteiger partial charge in [-0.2, -0.15) is 0 Å². The zero-order valence-electron chi connectivity index (χ0n) is 10.9. The number of nitrogens with zero attached hydrogens (tertiary/aromatic N) is 1. The van der Waals surface area contributed by atoms with Crippen molar-refractivity contribution in [2.45, 2.75) is 38.6 Å². The van der Waals surface area contributed by atoms with Crippen LogP contribution in [0.15, 0.2) is 0 Å². The third-order valence-electron chi connectivity index (χ3n) is 3.69. The van der Waals surface area contributed by atoms with Crippen LogP contribution in [0.4, 0.5) is 0 Å². The maximum absolute atomic E-state index is 12.0. The van der Waals surface area contributed by atoms with Gasteiger partial charge in [0.25, 0.3) is 0 Å². The largest absolute Gasteiger partial charge is 0.394 e. The molecule has 0 aromatic rings. The molecule has 1 saturated heterocycles. The maximum atomic E-state index is 12.0. The number of carbonyl (C=O) groups is 2. The Bertz CT molecular complexity index is 328. The minimum atomic E-state index is -0.216. The van der Waals surface area contributed by atoms with Gasteiger partial charge < -0.3 is 15.3 Å². The smallest absolute Gasteiger partial charge is 0.225 e. The molecule has 0 spiro atoms. The number of amides is 2. The summed E-state index contributed by atoms with van der Waals surface area (Å²) in [5.41, 5.74) is 0. The number of aliphatic hydroxyl groups excluding tert-OH is 1. The highest BCUT2D eigenvalue weighted by Crippen LogP contribution is 2.32. The molecule has 2 N–H and O–H groups in total. The summed E-state index contributed by atoms with van der Waals surface area (Å²) in [5, 5.41) is 11.7. The van der Waals surface area contributed by atoms with Gasteiger partial charge in [0.2, 0.25) is 11.8 Å². The van der Waals surface area contributed by atoms with E-state index in [4.69, 9.17) is 5.11 Å². The van der Waals surface area contributed by atoms with Gasteiger partial charge in [-0.25, -0.2) is 0 Å². The molecule has 18 heavy (non-hydrogen) atoms. The first-order valence-electron chi connectivity index (χ1n) is 6.82. The Morgan fingerprint density at radius 1 is 1.33 bits per heavy atom. The second kappa shape index (κ2) is 5.69. The Labute approximate surface area is 108 Å². The molecule has 5 nitrogen and oxygen atoms in total. The average Bonchev–Trinajstić information content (AvgIpc) is 3.22. The van der Waals surface area contributed by atoms with Crippen molar-refractivity contribution >= 4 is 11.8 Å². The van der Waals surface area contributed by atoms with Gasteiger partial charge in [-0.15, -0.1) is 0 Å². The fourth-order valence-corrected chi connectivity index (χ4v) is 2.39. The Kier molecular flexibility index (Phi) is 4.22. The van der Waals surface area contributed by atoms with E-state index in [0.29, 0.717) is 6.54 Å². The molecule has 102 valence electrons. The molecule has 1 saturated carbocycles. The van der Waals surface area contributed by atoms with Gasteiger partial charge >= 0.3 is 0 Å². The highest BCUT2D eigenvalue weighted by atomic mass is 16.3. The quantitative estimate of drug-likeness (QED) is 0.749. The summed E-state index contributed by atoms with van der Waals surface area (Å²) >= 11 is 0. The van der Waals surface area contributed by atoms with E-state index in [1.165, 1.54) is 0 Å². The van der Waals surface area contributed by atoms with Crippen LogP contribution in [0.25, 0.3) is 0 Å². The van der Waals surface area contributed by atoms with Crippen molar-refractivity contribution in [2.24, 2.45) is 11.8 Å². The van der Waals surface area contributed by atoms with E-state index >= 15 is 0 Å². The van der Waals surface area contributed by atoms with E-state index in [0.717, 1.165) is 32.2 Å². The average molecular weight is 254 g/mol. The molecule has 2 rings (SSSR count). The molecule has 5 heteroatoms. The topological polar surface area (TPSA) is 69.6 Å². The number of hydrogen-bond donors (Lipinski definition) is 2. The van der Waals surface area contributed by atoms with E-state index in [1.54, 1.807) is 6.92 Å². The lowest BCUT2D eigenvalue weighted by atomic mass is 9.96. The molecular weight excluding hydrogens is 232 g/mol. The van der Waals surface area contributed by atoms with E-state index in [2.05, 4.69) is 5.32 Å². The van der Waals surface area contributed by atoms with Gasteiger partial charge in [0.1, 0.15) is 0 Å². The SMILES string of the molecule is C[C@H](CO)NC(=O)C1CCCN(C(=O)C2CC2)C1. The minimum Gasteiger partial charge on any atom is -0.394 e. The third kappa shape index (κ3) is 3.22. The normalized spacial score (nSPS) is 25.7. The summed E-state index contributed by atoms with van der Waals surface area (Å²) in [6.07, 6.45) is 3.74. The Hall–Kier alpha value is -1.10. The molecule has 0 bridgehead atoms.